The number of aromatic nitrogens is 2. The molecule has 0 aromatic carbocycles. The fourth-order valence-corrected chi connectivity index (χ4v) is 3.08. The highest BCUT2D eigenvalue weighted by Gasteiger charge is 2.25. The highest BCUT2D eigenvalue weighted by atomic mass is 32.1. The number of carboxylic acid groups (broad SMARTS) is 1. The van der Waals surface area contributed by atoms with E-state index in [0.717, 1.165) is 10.7 Å². The van der Waals surface area contributed by atoms with E-state index >= 15 is 0 Å². The standard InChI is InChI=1S/C14H15N3O3S/c1-9-8-21-13(15-9)11-7-17(5-6-20-11)12-4-2-3-10(16-12)14(18)19/h2-4,8,11H,5-7H2,1H3,(H,18,19). The zero-order valence-corrected chi connectivity index (χ0v) is 12.3. The molecule has 0 aliphatic carbocycles. The van der Waals surface area contributed by atoms with Crippen LogP contribution in [0.15, 0.2) is 23.6 Å². The Kier molecular flexibility index (Phi) is 3.85. The SMILES string of the molecule is Cc1csc(C2CN(c3cccc(C(=O)O)n3)CCO2)n1. The van der Waals surface area contributed by atoms with E-state index in [2.05, 4.69) is 9.97 Å². The quantitative estimate of drug-likeness (QED) is 0.936. The van der Waals surface area contributed by atoms with E-state index in [4.69, 9.17) is 9.84 Å². The largest absolute Gasteiger partial charge is 0.477 e. The average molecular weight is 305 g/mol. The summed E-state index contributed by atoms with van der Waals surface area (Å²) in [4.78, 5) is 21.7. The van der Waals surface area contributed by atoms with E-state index in [0.29, 0.717) is 25.5 Å². The van der Waals surface area contributed by atoms with Crippen molar-refractivity contribution in [2.75, 3.05) is 24.6 Å². The lowest BCUT2D eigenvalue weighted by molar-refractivity contribution is 0.0393. The van der Waals surface area contributed by atoms with Gasteiger partial charge in [0, 0.05) is 17.6 Å². The first-order chi connectivity index (χ1) is 10.1. The number of carboxylic acids is 1. The number of aromatic carboxylic acids is 1. The third-order valence-electron chi connectivity index (χ3n) is 3.26. The van der Waals surface area contributed by atoms with Gasteiger partial charge in [0.15, 0.2) is 5.69 Å². The number of thiazole rings is 1. The molecule has 2 aromatic rings. The second-order valence-electron chi connectivity index (χ2n) is 4.82. The molecule has 0 spiro atoms. The van der Waals surface area contributed by atoms with Gasteiger partial charge in [0.25, 0.3) is 0 Å². The molecule has 6 nitrogen and oxygen atoms in total. The predicted octanol–water partition coefficient (Wildman–Crippen LogP) is 2.12. The van der Waals surface area contributed by atoms with Crippen molar-refractivity contribution in [3.05, 3.63) is 40.0 Å². The summed E-state index contributed by atoms with van der Waals surface area (Å²) in [6.45, 7) is 3.85. The lowest BCUT2D eigenvalue weighted by atomic mass is 10.2. The number of nitrogens with zero attached hydrogens (tertiary/aromatic N) is 3. The normalized spacial score (nSPS) is 18.7. The molecule has 0 amide bonds. The summed E-state index contributed by atoms with van der Waals surface area (Å²) >= 11 is 1.58. The van der Waals surface area contributed by atoms with Crippen molar-refractivity contribution in [2.45, 2.75) is 13.0 Å². The van der Waals surface area contributed by atoms with Gasteiger partial charge in [0.1, 0.15) is 16.9 Å². The first kappa shape index (κ1) is 14.0. The Hall–Kier alpha value is -1.99. The highest BCUT2D eigenvalue weighted by molar-refractivity contribution is 7.09. The molecule has 0 bridgehead atoms. The molecule has 3 rings (SSSR count). The Morgan fingerprint density at radius 3 is 3.05 bits per heavy atom. The third-order valence-corrected chi connectivity index (χ3v) is 4.31. The highest BCUT2D eigenvalue weighted by Crippen LogP contribution is 2.27. The molecule has 21 heavy (non-hydrogen) atoms. The average Bonchev–Trinajstić information content (AvgIpc) is 2.94. The van der Waals surface area contributed by atoms with E-state index in [1.54, 1.807) is 17.4 Å². The minimum Gasteiger partial charge on any atom is -0.477 e. The van der Waals surface area contributed by atoms with Crippen molar-refractivity contribution in [2.24, 2.45) is 0 Å². The smallest absolute Gasteiger partial charge is 0.354 e. The van der Waals surface area contributed by atoms with E-state index in [1.807, 2.05) is 23.3 Å². The molecule has 0 radical (unpaired) electrons. The number of carbonyl (C=O) groups is 1. The maximum absolute atomic E-state index is 11.0. The molecule has 0 saturated carbocycles. The third kappa shape index (κ3) is 3.03. The maximum atomic E-state index is 11.0. The van der Waals surface area contributed by atoms with Crippen molar-refractivity contribution in [3.8, 4) is 0 Å². The molecule has 110 valence electrons. The van der Waals surface area contributed by atoms with E-state index in [-0.39, 0.29) is 11.8 Å². The van der Waals surface area contributed by atoms with Crippen LogP contribution in [0.4, 0.5) is 5.82 Å². The Bertz CT molecular complexity index is 658. The number of anilines is 1. The van der Waals surface area contributed by atoms with Crippen LogP contribution in [0.2, 0.25) is 0 Å². The van der Waals surface area contributed by atoms with Gasteiger partial charge < -0.3 is 14.7 Å². The van der Waals surface area contributed by atoms with Gasteiger partial charge in [0.05, 0.1) is 13.2 Å². The van der Waals surface area contributed by atoms with Crippen LogP contribution in [-0.2, 0) is 4.74 Å². The van der Waals surface area contributed by atoms with Gasteiger partial charge in [-0.2, -0.15) is 0 Å². The molecular weight excluding hydrogens is 290 g/mol. The van der Waals surface area contributed by atoms with Crippen molar-refractivity contribution in [1.29, 1.82) is 0 Å². The topological polar surface area (TPSA) is 75.6 Å². The number of hydrogen-bond acceptors (Lipinski definition) is 6. The van der Waals surface area contributed by atoms with Crippen LogP contribution in [0.3, 0.4) is 0 Å². The summed E-state index contributed by atoms with van der Waals surface area (Å²) in [5.41, 5.74) is 1.04. The van der Waals surface area contributed by atoms with Crippen molar-refractivity contribution >= 4 is 23.1 Å². The minimum absolute atomic E-state index is 0.0561. The number of hydrogen-bond donors (Lipinski definition) is 1. The monoisotopic (exact) mass is 305 g/mol. The molecule has 1 saturated heterocycles. The molecule has 3 heterocycles. The van der Waals surface area contributed by atoms with Gasteiger partial charge in [-0.25, -0.2) is 14.8 Å². The summed E-state index contributed by atoms with van der Waals surface area (Å²) in [7, 11) is 0. The van der Waals surface area contributed by atoms with Crippen LogP contribution < -0.4 is 4.90 Å². The van der Waals surface area contributed by atoms with Crippen LogP contribution in [0, 0.1) is 6.92 Å². The summed E-state index contributed by atoms with van der Waals surface area (Å²) in [6, 6.07) is 5.03. The molecule has 2 aromatic heterocycles. The zero-order valence-electron chi connectivity index (χ0n) is 11.5. The maximum Gasteiger partial charge on any atom is 0.354 e. The van der Waals surface area contributed by atoms with Crippen molar-refractivity contribution < 1.29 is 14.6 Å². The number of pyridine rings is 1. The van der Waals surface area contributed by atoms with Gasteiger partial charge in [-0.15, -0.1) is 11.3 Å². The van der Waals surface area contributed by atoms with Gasteiger partial charge in [-0.3, -0.25) is 0 Å². The van der Waals surface area contributed by atoms with Crippen molar-refractivity contribution in [3.63, 3.8) is 0 Å². The first-order valence-corrected chi connectivity index (χ1v) is 7.50. The summed E-state index contributed by atoms with van der Waals surface area (Å²) in [6.07, 6.45) is -0.0901. The Balaban J connectivity index is 1.79. The summed E-state index contributed by atoms with van der Waals surface area (Å²) in [5.74, 6) is -0.353. The molecule has 1 aliphatic heterocycles. The van der Waals surface area contributed by atoms with Gasteiger partial charge in [-0.05, 0) is 19.1 Å². The van der Waals surface area contributed by atoms with Crippen LogP contribution in [0.1, 0.15) is 27.3 Å². The fourth-order valence-electron chi connectivity index (χ4n) is 2.25. The summed E-state index contributed by atoms with van der Waals surface area (Å²) in [5, 5.41) is 12.0. The Morgan fingerprint density at radius 2 is 2.33 bits per heavy atom. The number of rotatable bonds is 3. The number of ether oxygens (including phenoxy) is 1. The Morgan fingerprint density at radius 1 is 1.48 bits per heavy atom. The van der Waals surface area contributed by atoms with Crippen molar-refractivity contribution in [1.82, 2.24) is 9.97 Å². The number of morpholine rings is 1. The van der Waals surface area contributed by atoms with Gasteiger partial charge in [-0.1, -0.05) is 6.07 Å². The van der Waals surface area contributed by atoms with E-state index in [9.17, 15) is 4.79 Å². The fraction of sp³-hybridized carbons (Fsp3) is 0.357. The molecule has 1 atom stereocenters. The van der Waals surface area contributed by atoms with Crippen LogP contribution in [-0.4, -0.2) is 40.7 Å². The molecular formula is C14H15N3O3S. The molecule has 1 fully saturated rings. The second-order valence-corrected chi connectivity index (χ2v) is 5.71. The minimum atomic E-state index is -1.02. The lowest BCUT2D eigenvalue weighted by Gasteiger charge is -2.32. The lowest BCUT2D eigenvalue weighted by Crippen LogP contribution is -2.39. The summed E-state index contributed by atoms with van der Waals surface area (Å²) < 4.78 is 5.77. The van der Waals surface area contributed by atoms with Crippen LogP contribution in [0.5, 0.6) is 0 Å². The zero-order chi connectivity index (χ0) is 14.8. The second kappa shape index (κ2) is 5.79. The van der Waals surface area contributed by atoms with Gasteiger partial charge >= 0.3 is 5.97 Å². The predicted molar refractivity (Wildman–Crippen MR) is 79.0 cm³/mol. The molecule has 1 unspecified atom stereocenters. The number of aryl methyl sites for hydroxylation is 1. The molecule has 7 heteroatoms. The van der Waals surface area contributed by atoms with Crippen LogP contribution >= 0.6 is 11.3 Å². The molecule has 1 N–H and O–H groups in total. The van der Waals surface area contributed by atoms with E-state index in [1.165, 1.54) is 6.07 Å². The first-order valence-electron chi connectivity index (χ1n) is 6.62. The molecule has 1 aliphatic rings. The van der Waals surface area contributed by atoms with Crippen LogP contribution in [0.25, 0.3) is 0 Å². The Labute approximate surface area is 126 Å². The van der Waals surface area contributed by atoms with E-state index < -0.39 is 5.97 Å². The van der Waals surface area contributed by atoms with Gasteiger partial charge in [0.2, 0.25) is 0 Å².